The number of hydrogen-bond donors (Lipinski definition) is 1. The second kappa shape index (κ2) is 3.39. The fourth-order valence-corrected chi connectivity index (χ4v) is 2.32. The van der Waals surface area contributed by atoms with Crippen molar-refractivity contribution in [1.29, 1.82) is 0 Å². The highest BCUT2D eigenvalue weighted by molar-refractivity contribution is 7.10. The molecule has 0 saturated carbocycles. The van der Waals surface area contributed by atoms with E-state index in [-0.39, 0.29) is 6.54 Å². The summed E-state index contributed by atoms with van der Waals surface area (Å²) in [6.45, 7) is 5.66. The van der Waals surface area contributed by atoms with Gasteiger partial charge in [-0.15, -0.1) is 11.3 Å². The zero-order valence-electron chi connectivity index (χ0n) is 8.30. The van der Waals surface area contributed by atoms with E-state index in [4.69, 9.17) is 5.73 Å². The molecule has 1 atom stereocenters. The number of rotatable bonds is 2. The van der Waals surface area contributed by atoms with E-state index in [1.54, 1.807) is 0 Å². The van der Waals surface area contributed by atoms with E-state index in [1.165, 1.54) is 11.3 Å². The van der Waals surface area contributed by atoms with Crippen LogP contribution in [0.15, 0.2) is 17.5 Å². The van der Waals surface area contributed by atoms with Gasteiger partial charge in [-0.1, -0.05) is 26.8 Å². The zero-order valence-corrected chi connectivity index (χ0v) is 9.12. The van der Waals surface area contributed by atoms with Crippen LogP contribution in [0.2, 0.25) is 0 Å². The molecule has 0 fully saturated rings. The molecule has 1 unspecified atom stereocenters. The van der Waals surface area contributed by atoms with Gasteiger partial charge in [-0.25, -0.2) is 4.39 Å². The van der Waals surface area contributed by atoms with Gasteiger partial charge < -0.3 is 5.73 Å². The summed E-state index contributed by atoms with van der Waals surface area (Å²) < 4.78 is 14.5. The molecule has 0 amide bonds. The Balaban J connectivity index is 3.09. The Morgan fingerprint density at radius 3 is 2.38 bits per heavy atom. The van der Waals surface area contributed by atoms with Crippen molar-refractivity contribution in [2.75, 3.05) is 6.54 Å². The molecule has 74 valence electrons. The maximum absolute atomic E-state index is 14.5. The van der Waals surface area contributed by atoms with Crippen LogP contribution in [0.5, 0.6) is 0 Å². The fraction of sp³-hybridized carbons (Fsp3) is 0.600. The minimum Gasteiger partial charge on any atom is -0.327 e. The van der Waals surface area contributed by atoms with Gasteiger partial charge in [0.25, 0.3) is 0 Å². The number of halogens is 1. The van der Waals surface area contributed by atoms with Gasteiger partial charge >= 0.3 is 0 Å². The fourth-order valence-electron chi connectivity index (χ4n) is 1.28. The third kappa shape index (κ3) is 1.76. The van der Waals surface area contributed by atoms with E-state index in [9.17, 15) is 4.39 Å². The van der Waals surface area contributed by atoms with Crippen LogP contribution < -0.4 is 5.73 Å². The second-order valence-electron chi connectivity index (χ2n) is 4.23. The maximum atomic E-state index is 14.5. The van der Waals surface area contributed by atoms with E-state index in [2.05, 4.69) is 0 Å². The largest absolute Gasteiger partial charge is 0.327 e. The standard InChI is InChI=1S/C10H16FNS/c1-9(2,3)10(11,7-12)8-5-4-6-13-8/h4-6H,7,12H2,1-3H3. The molecule has 3 heteroatoms. The first kappa shape index (κ1) is 10.7. The Kier molecular flexibility index (Phi) is 2.78. The van der Waals surface area contributed by atoms with Crippen molar-refractivity contribution in [3.05, 3.63) is 22.4 Å². The molecule has 1 heterocycles. The van der Waals surface area contributed by atoms with E-state index in [0.29, 0.717) is 0 Å². The average molecular weight is 201 g/mol. The van der Waals surface area contributed by atoms with Crippen LogP contribution >= 0.6 is 11.3 Å². The summed E-state index contributed by atoms with van der Waals surface area (Å²) in [6.07, 6.45) is 0. The molecular weight excluding hydrogens is 185 g/mol. The third-order valence-electron chi connectivity index (χ3n) is 2.38. The lowest BCUT2D eigenvalue weighted by Crippen LogP contribution is -2.41. The molecule has 0 radical (unpaired) electrons. The van der Waals surface area contributed by atoms with Crippen molar-refractivity contribution in [3.63, 3.8) is 0 Å². The quantitative estimate of drug-likeness (QED) is 0.782. The molecule has 0 aliphatic heterocycles. The van der Waals surface area contributed by atoms with Crippen LogP contribution in [-0.4, -0.2) is 6.54 Å². The van der Waals surface area contributed by atoms with Crippen molar-refractivity contribution in [1.82, 2.24) is 0 Å². The van der Waals surface area contributed by atoms with E-state index in [1.807, 2.05) is 38.3 Å². The molecule has 2 N–H and O–H groups in total. The highest BCUT2D eigenvalue weighted by Crippen LogP contribution is 2.43. The summed E-state index contributed by atoms with van der Waals surface area (Å²) >= 11 is 1.43. The molecule has 1 aromatic heterocycles. The van der Waals surface area contributed by atoms with Crippen LogP contribution in [-0.2, 0) is 5.67 Å². The molecule has 0 aromatic carbocycles. The first-order valence-electron chi connectivity index (χ1n) is 4.35. The molecule has 1 nitrogen and oxygen atoms in total. The molecule has 0 spiro atoms. The van der Waals surface area contributed by atoms with Crippen molar-refractivity contribution < 1.29 is 4.39 Å². The van der Waals surface area contributed by atoms with Crippen LogP contribution in [0, 0.1) is 5.41 Å². The third-order valence-corrected chi connectivity index (χ3v) is 3.39. The van der Waals surface area contributed by atoms with Gasteiger partial charge in [0, 0.05) is 16.8 Å². The summed E-state index contributed by atoms with van der Waals surface area (Å²) in [6, 6.07) is 3.67. The minimum absolute atomic E-state index is 0.0387. The first-order valence-corrected chi connectivity index (χ1v) is 5.23. The van der Waals surface area contributed by atoms with Gasteiger partial charge in [0.15, 0.2) is 5.67 Å². The molecule has 0 bridgehead atoms. The van der Waals surface area contributed by atoms with Crippen molar-refractivity contribution in [3.8, 4) is 0 Å². The second-order valence-corrected chi connectivity index (χ2v) is 5.18. The van der Waals surface area contributed by atoms with Gasteiger partial charge in [-0.05, 0) is 11.4 Å². The first-order chi connectivity index (χ1) is 5.92. The van der Waals surface area contributed by atoms with Crippen LogP contribution in [0.1, 0.15) is 25.6 Å². The van der Waals surface area contributed by atoms with Crippen LogP contribution in [0.4, 0.5) is 4.39 Å². The molecular formula is C10H16FNS. The lowest BCUT2D eigenvalue weighted by Gasteiger charge is -2.36. The van der Waals surface area contributed by atoms with Crippen LogP contribution in [0.3, 0.4) is 0 Å². The smallest absolute Gasteiger partial charge is 0.161 e. The average Bonchev–Trinajstić information content (AvgIpc) is 2.52. The molecule has 0 aliphatic carbocycles. The molecule has 0 aliphatic rings. The van der Waals surface area contributed by atoms with Crippen molar-refractivity contribution in [2.45, 2.75) is 26.4 Å². The predicted octanol–water partition coefficient (Wildman–Crippen LogP) is 2.92. The number of hydrogen-bond acceptors (Lipinski definition) is 2. The highest BCUT2D eigenvalue weighted by atomic mass is 32.1. The minimum atomic E-state index is -1.40. The maximum Gasteiger partial charge on any atom is 0.161 e. The number of thiophene rings is 1. The number of alkyl halides is 1. The summed E-state index contributed by atoms with van der Waals surface area (Å²) in [7, 11) is 0. The summed E-state index contributed by atoms with van der Waals surface area (Å²) in [5.41, 5.74) is 3.66. The Morgan fingerprint density at radius 1 is 1.46 bits per heavy atom. The molecule has 1 rings (SSSR count). The van der Waals surface area contributed by atoms with E-state index in [0.717, 1.165) is 4.88 Å². The van der Waals surface area contributed by atoms with Gasteiger partial charge in [-0.3, -0.25) is 0 Å². The molecule has 1 aromatic rings. The predicted molar refractivity (Wildman–Crippen MR) is 55.6 cm³/mol. The Morgan fingerprint density at radius 2 is 2.08 bits per heavy atom. The van der Waals surface area contributed by atoms with E-state index < -0.39 is 11.1 Å². The summed E-state index contributed by atoms with van der Waals surface area (Å²) in [4.78, 5) is 0.725. The van der Waals surface area contributed by atoms with Gasteiger partial charge in [0.1, 0.15) is 0 Å². The Bertz CT molecular complexity index is 263. The Labute approximate surface area is 82.8 Å². The normalized spacial score (nSPS) is 17.0. The molecule has 13 heavy (non-hydrogen) atoms. The van der Waals surface area contributed by atoms with Gasteiger partial charge in [0.05, 0.1) is 0 Å². The topological polar surface area (TPSA) is 26.0 Å². The van der Waals surface area contributed by atoms with Crippen molar-refractivity contribution >= 4 is 11.3 Å². The monoisotopic (exact) mass is 201 g/mol. The highest BCUT2D eigenvalue weighted by Gasteiger charge is 2.43. The van der Waals surface area contributed by atoms with Gasteiger partial charge in [-0.2, -0.15) is 0 Å². The van der Waals surface area contributed by atoms with Crippen molar-refractivity contribution in [2.24, 2.45) is 11.1 Å². The summed E-state index contributed by atoms with van der Waals surface area (Å²) in [5, 5.41) is 1.88. The number of nitrogens with two attached hydrogens (primary N) is 1. The van der Waals surface area contributed by atoms with Gasteiger partial charge in [0.2, 0.25) is 0 Å². The lowest BCUT2D eigenvalue weighted by atomic mass is 9.77. The zero-order chi connectivity index (χ0) is 10.1. The lowest BCUT2D eigenvalue weighted by molar-refractivity contribution is 0.0380. The Hall–Kier alpha value is -0.410. The van der Waals surface area contributed by atoms with Crippen LogP contribution in [0.25, 0.3) is 0 Å². The molecule has 0 saturated heterocycles. The van der Waals surface area contributed by atoms with E-state index >= 15 is 0 Å². The summed E-state index contributed by atoms with van der Waals surface area (Å²) in [5.74, 6) is 0. The SMILES string of the molecule is CC(C)(C)C(F)(CN)c1cccs1.